The Balaban J connectivity index is 1.96. The Morgan fingerprint density at radius 2 is 1.91 bits per heavy atom. The van der Waals surface area contributed by atoms with Crippen LogP contribution in [0.15, 0.2) is 39.7 Å². The van der Waals surface area contributed by atoms with E-state index >= 15 is 0 Å². The number of para-hydroxylation sites is 1. The number of nitrogens with zero attached hydrogens (tertiary/aromatic N) is 1. The fourth-order valence-corrected chi connectivity index (χ4v) is 4.61. The van der Waals surface area contributed by atoms with Crippen molar-refractivity contribution in [2.75, 3.05) is 6.61 Å². The van der Waals surface area contributed by atoms with Gasteiger partial charge < -0.3 is 17.9 Å². The minimum Gasteiger partial charge on any atom is -0.462 e. The number of halogens is 3. The van der Waals surface area contributed by atoms with E-state index in [-0.39, 0.29) is 35.0 Å². The molecule has 8 nitrogen and oxygen atoms in total. The second-order valence-electron chi connectivity index (χ2n) is 9.18. The molecular formula is C23H22F3NO7S. The summed E-state index contributed by atoms with van der Waals surface area (Å²) in [5.74, 6) is -1.23. The van der Waals surface area contributed by atoms with Gasteiger partial charge in [0.05, 0.1) is 12.3 Å². The molecule has 0 fully saturated rings. The highest BCUT2D eigenvalue weighted by atomic mass is 32.2. The summed E-state index contributed by atoms with van der Waals surface area (Å²) in [6.45, 7) is 7.58. The number of benzene rings is 1. The number of carbonyl (C=O) groups is 1. The lowest BCUT2D eigenvalue weighted by molar-refractivity contribution is -0.0499. The van der Waals surface area contributed by atoms with E-state index in [0.717, 1.165) is 6.07 Å². The maximum absolute atomic E-state index is 12.9. The average molecular weight is 513 g/mol. The van der Waals surface area contributed by atoms with Gasteiger partial charge in [0.15, 0.2) is 22.5 Å². The zero-order valence-electron chi connectivity index (χ0n) is 19.2. The zero-order valence-corrected chi connectivity index (χ0v) is 20.0. The maximum atomic E-state index is 12.9. The average Bonchev–Trinajstić information content (AvgIpc) is 3.11. The van der Waals surface area contributed by atoms with Crippen molar-refractivity contribution in [2.24, 2.45) is 5.41 Å². The molecule has 1 atom stereocenters. The second-order valence-corrected chi connectivity index (χ2v) is 10.7. The molecule has 1 aromatic carbocycles. The van der Waals surface area contributed by atoms with Gasteiger partial charge in [0.25, 0.3) is 0 Å². The van der Waals surface area contributed by atoms with Crippen LogP contribution in [0.4, 0.5) is 13.2 Å². The highest BCUT2D eigenvalue weighted by molar-refractivity contribution is 7.88. The molecule has 0 saturated carbocycles. The maximum Gasteiger partial charge on any atom is 0.534 e. The van der Waals surface area contributed by atoms with Crippen LogP contribution >= 0.6 is 0 Å². The van der Waals surface area contributed by atoms with Crippen LogP contribution in [0.1, 0.15) is 49.7 Å². The van der Waals surface area contributed by atoms with E-state index in [1.807, 2.05) is 20.8 Å². The SMILES string of the molecule is CCOC(=O)c1cn2c(cc1=O)-c1oc3c(OS(=O)(=O)C(F)(F)F)cccc3c1C[C@H]2C(C)(C)C. The number of esters is 1. The van der Waals surface area contributed by atoms with E-state index < -0.39 is 32.8 Å². The van der Waals surface area contributed by atoms with E-state index in [9.17, 15) is 31.2 Å². The molecule has 0 bridgehead atoms. The molecule has 0 N–H and O–H groups in total. The molecule has 2 aromatic heterocycles. The summed E-state index contributed by atoms with van der Waals surface area (Å²) in [6, 6.07) is 4.90. The van der Waals surface area contributed by atoms with Crippen LogP contribution in [-0.2, 0) is 21.3 Å². The van der Waals surface area contributed by atoms with Gasteiger partial charge in [-0.3, -0.25) is 4.79 Å². The standard InChI is InChI=1S/C23H22F3NO7S/c1-5-32-21(29)14-11-27-15(10-16(14)28)19-13(9-18(27)22(2,3)4)12-7-6-8-17(20(12)33-19)34-35(30,31)23(24,25)26/h6-8,10-11,18H,5,9H2,1-4H3/t18-/m0/s1. The van der Waals surface area contributed by atoms with Gasteiger partial charge in [-0.2, -0.15) is 21.6 Å². The predicted molar refractivity (Wildman–Crippen MR) is 120 cm³/mol. The minimum absolute atomic E-state index is 0.0834. The number of pyridine rings is 1. The third-order valence-corrected chi connectivity index (χ3v) is 6.77. The summed E-state index contributed by atoms with van der Waals surface area (Å²) < 4.78 is 78.9. The predicted octanol–water partition coefficient (Wildman–Crippen LogP) is 4.81. The van der Waals surface area contributed by atoms with E-state index in [1.54, 1.807) is 17.6 Å². The minimum atomic E-state index is -5.93. The van der Waals surface area contributed by atoms with Gasteiger partial charge in [-0.1, -0.05) is 32.9 Å². The molecule has 1 aliphatic heterocycles. The number of furan rings is 1. The van der Waals surface area contributed by atoms with Crippen LogP contribution in [0.2, 0.25) is 0 Å². The quantitative estimate of drug-likeness (QED) is 0.280. The molecular weight excluding hydrogens is 491 g/mol. The smallest absolute Gasteiger partial charge is 0.462 e. The Kier molecular flexibility index (Phi) is 5.78. The third kappa shape index (κ3) is 4.19. The first-order valence-electron chi connectivity index (χ1n) is 10.6. The van der Waals surface area contributed by atoms with Crippen LogP contribution in [0.3, 0.4) is 0 Å². The number of hydrogen-bond acceptors (Lipinski definition) is 7. The van der Waals surface area contributed by atoms with Crippen molar-refractivity contribution in [1.82, 2.24) is 4.57 Å². The van der Waals surface area contributed by atoms with Crippen LogP contribution < -0.4 is 9.61 Å². The summed E-state index contributed by atoms with van der Waals surface area (Å²) in [7, 11) is -5.93. The first kappa shape index (κ1) is 24.8. The molecule has 12 heteroatoms. The summed E-state index contributed by atoms with van der Waals surface area (Å²) >= 11 is 0. The van der Waals surface area contributed by atoms with Gasteiger partial charge in [-0.15, -0.1) is 0 Å². The number of carbonyl (C=O) groups excluding carboxylic acids is 1. The van der Waals surface area contributed by atoms with Gasteiger partial charge >= 0.3 is 21.6 Å². The largest absolute Gasteiger partial charge is 0.534 e. The van der Waals surface area contributed by atoms with Crippen LogP contribution in [0.5, 0.6) is 5.75 Å². The van der Waals surface area contributed by atoms with Crippen molar-refractivity contribution in [2.45, 2.75) is 45.7 Å². The first-order valence-corrected chi connectivity index (χ1v) is 12.1. The molecule has 0 spiro atoms. The fraction of sp³-hybridized carbons (Fsp3) is 0.391. The summed E-state index contributed by atoms with van der Waals surface area (Å²) in [4.78, 5) is 25.1. The number of ether oxygens (including phenoxy) is 1. The van der Waals surface area contributed by atoms with Gasteiger partial charge in [0.2, 0.25) is 0 Å². The van der Waals surface area contributed by atoms with Gasteiger partial charge in [-0.05, 0) is 24.8 Å². The lowest BCUT2D eigenvalue weighted by atomic mass is 9.80. The van der Waals surface area contributed by atoms with E-state index in [1.165, 1.54) is 18.3 Å². The van der Waals surface area contributed by atoms with Gasteiger partial charge in [-0.25, -0.2) is 4.79 Å². The molecule has 188 valence electrons. The monoisotopic (exact) mass is 513 g/mol. The molecule has 3 heterocycles. The second kappa shape index (κ2) is 8.14. The van der Waals surface area contributed by atoms with Crippen molar-refractivity contribution >= 4 is 27.1 Å². The molecule has 0 unspecified atom stereocenters. The summed E-state index contributed by atoms with van der Waals surface area (Å²) in [5.41, 5.74) is -6.11. The molecule has 0 aliphatic carbocycles. The Labute approximate surface area is 198 Å². The topological polar surface area (TPSA) is 105 Å². The zero-order chi connectivity index (χ0) is 25.9. The first-order chi connectivity index (χ1) is 16.2. The molecule has 35 heavy (non-hydrogen) atoms. The van der Waals surface area contributed by atoms with Crippen molar-refractivity contribution in [3.05, 3.63) is 51.8 Å². The Bertz CT molecular complexity index is 1490. The number of rotatable bonds is 4. The Morgan fingerprint density at radius 3 is 2.51 bits per heavy atom. The van der Waals surface area contributed by atoms with Crippen molar-refractivity contribution in [3.63, 3.8) is 0 Å². The number of aromatic nitrogens is 1. The van der Waals surface area contributed by atoms with Crippen LogP contribution in [0, 0.1) is 5.41 Å². The lowest BCUT2D eigenvalue weighted by Gasteiger charge is -2.37. The van der Waals surface area contributed by atoms with E-state index in [0.29, 0.717) is 23.1 Å². The van der Waals surface area contributed by atoms with Crippen molar-refractivity contribution in [1.29, 1.82) is 0 Å². The summed E-state index contributed by atoms with van der Waals surface area (Å²) in [6.07, 6.45) is 1.73. The molecule has 0 saturated heterocycles. The highest BCUT2D eigenvalue weighted by Crippen LogP contribution is 2.47. The molecule has 4 rings (SSSR count). The fourth-order valence-electron chi connectivity index (χ4n) is 4.15. The van der Waals surface area contributed by atoms with Crippen LogP contribution in [0.25, 0.3) is 22.4 Å². The molecule has 0 amide bonds. The number of fused-ring (bicyclic) bond motifs is 5. The Morgan fingerprint density at radius 1 is 1.23 bits per heavy atom. The third-order valence-electron chi connectivity index (χ3n) is 5.81. The number of hydrogen-bond donors (Lipinski definition) is 0. The number of alkyl halides is 3. The van der Waals surface area contributed by atoms with Crippen molar-refractivity contribution in [3.8, 4) is 17.2 Å². The molecule has 1 aliphatic rings. The molecule has 0 radical (unpaired) electrons. The van der Waals surface area contributed by atoms with E-state index in [2.05, 4.69) is 4.18 Å². The molecule has 3 aromatic rings. The van der Waals surface area contributed by atoms with Gasteiger partial charge in [0, 0.05) is 29.3 Å². The normalized spacial score (nSPS) is 16.0. The van der Waals surface area contributed by atoms with E-state index in [4.69, 9.17) is 9.15 Å². The lowest BCUT2D eigenvalue weighted by Crippen LogP contribution is -2.32. The summed E-state index contributed by atoms with van der Waals surface area (Å²) in [5, 5.41) is 0.359. The highest BCUT2D eigenvalue weighted by Gasteiger charge is 2.49. The Hall–Kier alpha value is -3.28. The van der Waals surface area contributed by atoms with Crippen LogP contribution in [-0.4, -0.2) is 31.1 Å². The van der Waals surface area contributed by atoms with Crippen molar-refractivity contribution < 1.29 is 39.7 Å². The van der Waals surface area contributed by atoms with Gasteiger partial charge in [0.1, 0.15) is 5.56 Å².